The second-order valence-corrected chi connectivity index (χ2v) is 2.40. The van der Waals surface area contributed by atoms with Gasteiger partial charge in [-0.15, -0.1) is 0 Å². The molecule has 0 aliphatic rings. The van der Waals surface area contributed by atoms with E-state index in [1.54, 1.807) is 17.1 Å². The third-order valence-corrected chi connectivity index (χ3v) is 1.38. The first-order valence-corrected chi connectivity index (χ1v) is 3.72. The minimum absolute atomic E-state index is 0.392. The van der Waals surface area contributed by atoms with Crippen LogP contribution < -0.4 is 5.32 Å². The fraction of sp³-hybridized carbons (Fsp3) is 0.250. The number of aromatic nitrogens is 2. The van der Waals surface area contributed by atoms with Gasteiger partial charge in [0.2, 0.25) is 0 Å². The molecule has 0 saturated heterocycles. The minimum Gasteiger partial charge on any atom is -0.466 e. The average Bonchev–Trinajstić information content (AvgIpc) is 2.51. The number of aryl methyl sites for hydroxylation is 1. The molecule has 1 aromatic rings. The van der Waals surface area contributed by atoms with Gasteiger partial charge in [-0.2, -0.15) is 5.10 Å². The molecular formula is C8H11N3O2. The zero-order valence-electron chi connectivity index (χ0n) is 7.52. The topological polar surface area (TPSA) is 56.1 Å². The summed E-state index contributed by atoms with van der Waals surface area (Å²) in [7, 11) is 3.14. The van der Waals surface area contributed by atoms with Crippen molar-refractivity contribution in [1.29, 1.82) is 0 Å². The van der Waals surface area contributed by atoms with Gasteiger partial charge in [-0.1, -0.05) is 0 Å². The van der Waals surface area contributed by atoms with Crippen LogP contribution in [0, 0.1) is 0 Å². The Balaban J connectivity index is 2.43. The first-order chi connectivity index (χ1) is 6.22. The maximum absolute atomic E-state index is 10.6. The van der Waals surface area contributed by atoms with Crippen LogP contribution in [0.3, 0.4) is 0 Å². The highest BCUT2D eigenvalue weighted by molar-refractivity contribution is 5.82. The zero-order valence-corrected chi connectivity index (χ0v) is 7.52. The Kier molecular flexibility index (Phi) is 3.08. The van der Waals surface area contributed by atoms with Crippen molar-refractivity contribution >= 4 is 11.7 Å². The second-order valence-electron chi connectivity index (χ2n) is 2.40. The van der Waals surface area contributed by atoms with Crippen LogP contribution in [0.15, 0.2) is 24.7 Å². The van der Waals surface area contributed by atoms with Crippen LogP contribution in [-0.4, -0.2) is 22.9 Å². The summed E-state index contributed by atoms with van der Waals surface area (Å²) in [5, 5.41) is 6.80. The van der Waals surface area contributed by atoms with Crippen LogP contribution in [0.5, 0.6) is 0 Å². The number of methoxy groups -OCH3 is 1. The normalized spacial score (nSPS) is 10.3. The summed E-state index contributed by atoms with van der Waals surface area (Å²) < 4.78 is 6.07. The number of nitrogens with zero attached hydrogens (tertiary/aromatic N) is 2. The van der Waals surface area contributed by atoms with Gasteiger partial charge in [-0.3, -0.25) is 4.68 Å². The maximum Gasteiger partial charge on any atom is 0.331 e. The molecule has 1 rings (SSSR count). The van der Waals surface area contributed by atoms with Gasteiger partial charge in [0, 0.05) is 25.5 Å². The maximum atomic E-state index is 10.6. The Hall–Kier alpha value is -1.78. The molecule has 0 spiro atoms. The quantitative estimate of drug-likeness (QED) is 0.545. The summed E-state index contributed by atoms with van der Waals surface area (Å²) in [6.45, 7) is 0. The Labute approximate surface area is 76.0 Å². The monoisotopic (exact) mass is 181 g/mol. The van der Waals surface area contributed by atoms with Gasteiger partial charge in [0.25, 0.3) is 0 Å². The van der Waals surface area contributed by atoms with E-state index in [2.05, 4.69) is 15.2 Å². The van der Waals surface area contributed by atoms with Crippen LogP contribution >= 0.6 is 0 Å². The van der Waals surface area contributed by atoms with Crippen LogP contribution in [-0.2, 0) is 16.6 Å². The van der Waals surface area contributed by atoms with E-state index < -0.39 is 5.97 Å². The van der Waals surface area contributed by atoms with Gasteiger partial charge in [0.1, 0.15) is 0 Å². The minimum atomic E-state index is -0.392. The molecule has 0 saturated carbocycles. The number of anilines is 1. The second kappa shape index (κ2) is 4.30. The van der Waals surface area contributed by atoms with Crippen molar-refractivity contribution in [3.05, 3.63) is 24.7 Å². The SMILES string of the molecule is COC(=O)/C=C/Nc1cnn(C)c1. The van der Waals surface area contributed by atoms with E-state index in [4.69, 9.17) is 0 Å². The van der Waals surface area contributed by atoms with Crippen LogP contribution in [0.1, 0.15) is 0 Å². The van der Waals surface area contributed by atoms with Gasteiger partial charge in [-0.25, -0.2) is 4.79 Å². The molecule has 0 unspecified atom stereocenters. The fourth-order valence-electron chi connectivity index (χ4n) is 0.770. The van der Waals surface area contributed by atoms with E-state index in [1.165, 1.54) is 19.4 Å². The van der Waals surface area contributed by atoms with Gasteiger partial charge >= 0.3 is 5.97 Å². The molecule has 70 valence electrons. The average molecular weight is 181 g/mol. The van der Waals surface area contributed by atoms with E-state index >= 15 is 0 Å². The summed E-state index contributed by atoms with van der Waals surface area (Å²) in [4.78, 5) is 10.6. The van der Waals surface area contributed by atoms with Crippen molar-refractivity contribution in [3.63, 3.8) is 0 Å². The van der Waals surface area contributed by atoms with Gasteiger partial charge in [0.15, 0.2) is 0 Å². The van der Waals surface area contributed by atoms with E-state index in [-0.39, 0.29) is 0 Å². The highest BCUT2D eigenvalue weighted by Gasteiger charge is 1.92. The molecule has 0 fully saturated rings. The lowest BCUT2D eigenvalue weighted by molar-refractivity contribution is -0.134. The number of carbonyl (C=O) groups is 1. The van der Waals surface area contributed by atoms with E-state index in [1.807, 2.05) is 7.05 Å². The standard InChI is InChI=1S/C8H11N3O2/c1-11-6-7(5-10-11)9-4-3-8(12)13-2/h3-6,9H,1-2H3/b4-3+. The largest absolute Gasteiger partial charge is 0.466 e. The van der Waals surface area contributed by atoms with Crippen molar-refractivity contribution in [1.82, 2.24) is 9.78 Å². The molecule has 0 aromatic carbocycles. The third kappa shape index (κ3) is 2.98. The van der Waals surface area contributed by atoms with Crippen molar-refractivity contribution in [2.45, 2.75) is 0 Å². The fourth-order valence-corrected chi connectivity index (χ4v) is 0.770. The smallest absolute Gasteiger partial charge is 0.331 e. The highest BCUT2D eigenvalue weighted by Crippen LogP contribution is 2.02. The summed E-state index contributed by atoms with van der Waals surface area (Å²) in [6, 6.07) is 0. The lowest BCUT2D eigenvalue weighted by atomic mass is 10.5. The van der Waals surface area contributed by atoms with E-state index in [0.29, 0.717) is 0 Å². The lowest BCUT2D eigenvalue weighted by Crippen LogP contribution is -1.95. The zero-order chi connectivity index (χ0) is 9.68. The van der Waals surface area contributed by atoms with E-state index in [9.17, 15) is 4.79 Å². The Morgan fingerprint density at radius 2 is 2.54 bits per heavy atom. The first kappa shape index (κ1) is 9.31. The van der Waals surface area contributed by atoms with Crippen molar-refractivity contribution in [3.8, 4) is 0 Å². The molecular weight excluding hydrogens is 170 g/mol. The lowest BCUT2D eigenvalue weighted by Gasteiger charge is -1.93. The summed E-state index contributed by atoms with van der Waals surface area (Å²) in [5.74, 6) is -0.392. The number of hydrogen-bond donors (Lipinski definition) is 1. The molecule has 0 atom stereocenters. The molecule has 1 heterocycles. The summed E-state index contributed by atoms with van der Waals surface area (Å²) >= 11 is 0. The molecule has 5 nitrogen and oxygen atoms in total. The molecule has 5 heteroatoms. The van der Waals surface area contributed by atoms with Crippen molar-refractivity contribution in [2.24, 2.45) is 7.05 Å². The highest BCUT2D eigenvalue weighted by atomic mass is 16.5. The molecule has 0 aliphatic carbocycles. The molecule has 0 amide bonds. The van der Waals surface area contributed by atoms with Crippen molar-refractivity contribution < 1.29 is 9.53 Å². The Morgan fingerprint density at radius 1 is 1.77 bits per heavy atom. The number of carbonyl (C=O) groups excluding carboxylic acids is 1. The van der Waals surface area contributed by atoms with Crippen molar-refractivity contribution in [2.75, 3.05) is 12.4 Å². The molecule has 1 aromatic heterocycles. The molecule has 0 bridgehead atoms. The Bertz CT molecular complexity index is 317. The summed E-state index contributed by atoms with van der Waals surface area (Å²) in [6.07, 6.45) is 6.25. The Morgan fingerprint density at radius 3 is 3.08 bits per heavy atom. The van der Waals surface area contributed by atoms with Gasteiger partial charge < -0.3 is 10.1 Å². The molecule has 0 aliphatic heterocycles. The third-order valence-electron chi connectivity index (χ3n) is 1.38. The predicted octanol–water partition coefficient (Wildman–Crippen LogP) is 0.519. The summed E-state index contributed by atoms with van der Waals surface area (Å²) in [5.41, 5.74) is 0.822. The van der Waals surface area contributed by atoms with Crippen LogP contribution in [0.25, 0.3) is 0 Å². The van der Waals surface area contributed by atoms with E-state index in [0.717, 1.165) is 5.69 Å². The number of rotatable bonds is 3. The number of hydrogen-bond acceptors (Lipinski definition) is 4. The number of esters is 1. The van der Waals surface area contributed by atoms with Crippen LogP contribution in [0.4, 0.5) is 5.69 Å². The molecule has 0 radical (unpaired) electrons. The number of ether oxygens (including phenoxy) is 1. The number of nitrogens with one attached hydrogen (secondary N) is 1. The first-order valence-electron chi connectivity index (χ1n) is 3.72. The molecule has 13 heavy (non-hydrogen) atoms. The van der Waals surface area contributed by atoms with Gasteiger partial charge in [0.05, 0.1) is 19.0 Å². The molecule has 1 N–H and O–H groups in total. The van der Waals surface area contributed by atoms with Crippen LogP contribution in [0.2, 0.25) is 0 Å². The van der Waals surface area contributed by atoms with Gasteiger partial charge in [-0.05, 0) is 0 Å². The predicted molar refractivity (Wildman–Crippen MR) is 48.0 cm³/mol.